The van der Waals surface area contributed by atoms with Crippen LogP contribution in [-0.4, -0.2) is 6.29 Å². The second-order valence-corrected chi connectivity index (χ2v) is 2.83. The fourth-order valence-electron chi connectivity index (χ4n) is 0.880. The number of allylic oxidation sites excluding steroid dienone is 2. The van der Waals surface area contributed by atoms with Crippen molar-refractivity contribution in [2.75, 3.05) is 0 Å². The number of halogens is 1. The first-order valence-electron chi connectivity index (χ1n) is 3.67. The van der Waals surface area contributed by atoms with Crippen LogP contribution in [0.1, 0.15) is 5.56 Å². The van der Waals surface area contributed by atoms with E-state index in [2.05, 4.69) is 0 Å². The Hall–Kier alpha value is -1.08. The third-order valence-electron chi connectivity index (χ3n) is 1.48. The first-order chi connectivity index (χ1) is 5.83. The monoisotopic (exact) mass is 180 g/mol. The number of carbonyl (C=O) groups is 1. The van der Waals surface area contributed by atoms with Crippen molar-refractivity contribution in [3.63, 3.8) is 0 Å². The molecule has 0 amide bonds. The van der Waals surface area contributed by atoms with Crippen molar-refractivity contribution < 1.29 is 4.79 Å². The molecular weight excluding hydrogens is 172 g/mol. The summed E-state index contributed by atoms with van der Waals surface area (Å²) in [6, 6.07) is 7.56. The van der Waals surface area contributed by atoms with Crippen molar-refractivity contribution in [2.24, 2.45) is 0 Å². The van der Waals surface area contributed by atoms with Crippen LogP contribution in [0, 0.1) is 0 Å². The molecular formula is C10H9ClO. The smallest absolute Gasteiger partial charge is 0.142 e. The summed E-state index contributed by atoms with van der Waals surface area (Å²) >= 11 is 5.70. The Labute approximate surface area is 76.7 Å². The molecule has 0 fully saturated rings. The highest BCUT2D eigenvalue weighted by atomic mass is 35.5. The summed E-state index contributed by atoms with van der Waals surface area (Å²) in [5.41, 5.74) is 1.15. The van der Waals surface area contributed by atoms with E-state index in [-0.39, 0.29) is 0 Å². The van der Waals surface area contributed by atoms with E-state index in [1.54, 1.807) is 0 Å². The molecule has 0 radical (unpaired) electrons. The van der Waals surface area contributed by atoms with Crippen LogP contribution >= 0.6 is 11.6 Å². The maximum atomic E-state index is 9.94. The van der Waals surface area contributed by atoms with Crippen LogP contribution in [0.5, 0.6) is 0 Å². The highest BCUT2D eigenvalue weighted by Crippen LogP contribution is 2.09. The summed E-state index contributed by atoms with van der Waals surface area (Å²) < 4.78 is 0. The van der Waals surface area contributed by atoms with Crippen LogP contribution in [0.25, 0.3) is 0 Å². The van der Waals surface area contributed by atoms with Crippen LogP contribution < -0.4 is 0 Å². The van der Waals surface area contributed by atoms with Crippen LogP contribution in [0.3, 0.4) is 0 Å². The van der Waals surface area contributed by atoms with E-state index in [0.29, 0.717) is 0 Å². The predicted octanol–water partition coefficient (Wildman–Crippen LogP) is 2.64. The molecule has 0 saturated heterocycles. The quantitative estimate of drug-likeness (QED) is 0.516. The van der Waals surface area contributed by atoms with E-state index < -0.39 is 0 Å². The highest BCUT2D eigenvalue weighted by Gasteiger charge is 1.88. The van der Waals surface area contributed by atoms with Gasteiger partial charge in [0.2, 0.25) is 0 Å². The average Bonchev–Trinajstić information content (AvgIpc) is 2.09. The molecule has 2 heteroatoms. The molecule has 1 nitrogen and oxygen atoms in total. The van der Waals surface area contributed by atoms with Gasteiger partial charge in [-0.15, -0.1) is 0 Å². The third kappa shape index (κ3) is 2.89. The Morgan fingerprint density at radius 3 is 2.50 bits per heavy atom. The van der Waals surface area contributed by atoms with Gasteiger partial charge in [0.05, 0.1) is 0 Å². The molecule has 0 saturated carbocycles. The molecule has 0 aromatic heterocycles. The van der Waals surface area contributed by atoms with E-state index in [1.165, 1.54) is 6.08 Å². The van der Waals surface area contributed by atoms with Crippen molar-refractivity contribution in [1.29, 1.82) is 0 Å². The average molecular weight is 181 g/mol. The van der Waals surface area contributed by atoms with Gasteiger partial charge in [0.25, 0.3) is 0 Å². The van der Waals surface area contributed by atoms with Crippen LogP contribution in [0.2, 0.25) is 5.02 Å². The first-order valence-corrected chi connectivity index (χ1v) is 4.05. The molecule has 12 heavy (non-hydrogen) atoms. The number of hydrogen-bond donors (Lipinski definition) is 0. The molecule has 1 aromatic rings. The lowest BCUT2D eigenvalue weighted by atomic mass is 10.1. The van der Waals surface area contributed by atoms with Gasteiger partial charge in [0.1, 0.15) is 6.29 Å². The Morgan fingerprint density at radius 2 is 1.92 bits per heavy atom. The largest absolute Gasteiger partial charge is 0.299 e. The molecule has 0 bridgehead atoms. The van der Waals surface area contributed by atoms with Gasteiger partial charge in [-0.1, -0.05) is 29.8 Å². The van der Waals surface area contributed by atoms with Crippen LogP contribution in [0.15, 0.2) is 36.4 Å². The van der Waals surface area contributed by atoms with Crippen molar-refractivity contribution in [2.45, 2.75) is 6.42 Å². The second-order valence-electron chi connectivity index (χ2n) is 2.39. The van der Waals surface area contributed by atoms with Gasteiger partial charge in [0.15, 0.2) is 0 Å². The van der Waals surface area contributed by atoms with Gasteiger partial charge in [-0.2, -0.15) is 0 Å². The van der Waals surface area contributed by atoms with Crippen LogP contribution in [0.4, 0.5) is 0 Å². The van der Waals surface area contributed by atoms with Gasteiger partial charge in [-0.25, -0.2) is 0 Å². The van der Waals surface area contributed by atoms with E-state index in [1.807, 2.05) is 30.3 Å². The predicted molar refractivity (Wildman–Crippen MR) is 50.4 cm³/mol. The van der Waals surface area contributed by atoms with Gasteiger partial charge >= 0.3 is 0 Å². The Kier molecular flexibility index (Phi) is 3.55. The lowest BCUT2D eigenvalue weighted by molar-refractivity contribution is -0.104. The Morgan fingerprint density at radius 1 is 1.25 bits per heavy atom. The van der Waals surface area contributed by atoms with Crippen molar-refractivity contribution in [1.82, 2.24) is 0 Å². The molecule has 0 unspecified atom stereocenters. The highest BCUT2D eigenvalue weighted by molar-refractivity contribution is 6.30. The summed E-state index contributed by atoms with van der Waals surface area (Å²) in [5.74, 6) is 0. The maximum Gasteiger partial charge on any atom is 0.142 e. The normalized spacial score (nSPS) is 10.4. The van der Waals surface area contributed by atoms with Gasteiger partial charge in [-0.3, -0.25) is 4.79 Å². The van der Waals surface area contributed by atoms with Crippen molar-refractivity contribution in [3.8, 4) is 0 Å². The number of rotatable bonds is 3. The van der Waals surface area contributed by atoms with E-state index >= 15 is 0 Å². The van der Waals surface area contributed by atoms with E-state index in [0.717, 1.165) is 23.3 Å². The lowest BCUT2D eigenvalue weighted by Crippen LogP contribution is -1.79. The summed E-state index contributed by atoms with van der Waals surface area (Å²) in [6.07, 6.45) is 4.86. The Bertz CT molecular complexity index is 274. The van der Waals surface area contributed by atoms with Gasteiger partial charge in [-0.05, 0) is 30.2 Å². The molecule has 62 valence electrons. The number of benzene rings is 1. The molecule has 1 rings (SSSR count). The molecule has 0 spiro atoms. The second kappa shape index (κ2) is 4.73. The summed E-state index contributed by atoms with van der Waals surface area (Å²) in [5, 5.41) is 0.734. The van der Waals surface area contributed by atoms with Crippen LogP contribution in [-0.2, 0) is 11.2 Å². The van der Waals surface area contributed by atoms with Gasteiger partial charge in [0, 0.05) is 5.02 Å². The fraction of sp³-hybridized carbons (Fsp3) is 0.100. The zero-order chi connectivity index (χ0) is 8.81. The van der Waals surface area contributed by atoms with Crippen molar-refractivity contribution in [3.05, 3.63) is 47.0 Å². The summed E-state index contributed by atoms with van der Waals surface area (Å²) in [7, 11) is 0. The summed E-state index contributed by atoms with van der Waals surface area (Å²) in [4.78, 5) is 9.94. The lowest BCUT2D eigenvalue weighted by Gasteiger charge is -1.94. The molecule has 0 aliphatic rings. The van der Waals surface area contributed by atoms with E-state index in [4.69, 9.17) is 11.6 Å². The summed E-state index contributed by atoms with van der Waals surface area (Å²) in [6.45, 7) is 0. The SMILES string of the molecule is O=CC=CCc1ccc(Cl)cc1. The Balaban J connectivity index is 2.58. The van der Waals surface area contributed by atoms with E-state index in [9.17, 15) is 4.79 Å². The number of hydrogen-bond acceptors (Lipinski definition) is 1. The zero-order valence-electron chi connectivity index (χ0n) is 6.53. The third-order valence-corrected chi connectivity index (χ3v) is 1.73. The molecule has 1 aromatic carbocycles. The minimum atomic E-state index is 0.734. The molecule has 0 atom stereocenters. The molecule has 0 aliphatic carbocycles. The first kappa shape index (κ1) is 9.01. The van der Waals surface area contributed by atoms with Crippen molar-refractivity contribution >= 4 is 17.9 Å². The standard InChI is InChI=1S/C10H9ClO/c11-10-6-4-9(5-7-10)3-1-2-8-12/h1-2,4-8H,3H2. The molecule has 0 aliphatic heterocycles. The minimum Gasteiger partial charge on any atom is -0.299 e. The zero-order valence-corrected chi connectivity index (χ0v) is 7.29. The molecule has 0 heterocycles. The topological polar surface area (TPSA) is 17.1 Å². The van der Waals surface area contributed by atoms with Gasteiger partial charge < -0.3 is 0 Å². The number of aldehydes is 1. The maximum absolute atomic E-state index is 9.94. The molecule has 0 N–H and O–H groups in total. The fourth-order valence-corrected chi connectivity index (χ4v) is 1.01. The minimum absolute atomic E-state index is 0.734. The number of carbonyl (C=O) groups excluding carboxylic acids is 1.